The molecule has 174 valence electrons. The Morgan fingerprint density at radius 2 is 2.00 bits per heavy atom. The van der Waals surface area contributed by atoms with E-state index in [1.165, 1.54) is 12.1 Å². The summed E-state index contributed by atoms with van der Waals surface area (Å²) in [5, 5.41) is 16.2. The summed E-state index contributed by atoms with van der Waals surface area (Å²) in [5.74, 6) is -0.853. The van der Waals surface area contributed by atoms with E-state index >= 15 is 0 Å². The van der Waals surface area contributed by atoms with Gasteiger partial charge in [-0.1, -0.05) is 18.2 Å². The molecule has 3 N–H and O–H groups in total. The highest BCUT2D eigenvalue weighted by Crippen LogP contribution is 2.37. The summed E-state index contributed by atoms with van der Waals surface area (Å²) in [6, 6.07) is 14.3. The first-order chi connectivity index (χ1) is 16.4. The van der Waals surface area contributed by atoms with Gasteiger partial charge < -0.3 is 20.5 Å². The van der Waals surface area contributed by atoms with Gasteiger partial charge in [-0.25, -0.2) is 0 Å². The second-order valence-electron chi connectivity index (χ2n) is 8.88. The number of rotatable bonds is 6. The number of aromatic hydroxyl groups is 1. The molecule has 3 aromatic rings. The number of hydrogen-bond donors (Lipinski definition) is 3. The summed E-state index contributed by atoms with van der Waals surface area (Å²) in [4.78, 5) is 43.5. The van der Waals surface area contributed by atoms with Crippen LogP contribution in [0.25, 0.3) is 10.9 Å². The molecule has 2 heterocycles. The number of amides is 2. The van der Waals surface area contributed by atoms with Crippen molar-refractivity contribution in [2.75, 3.05) is 6.61 Å². The van der Waals surface area contributed by atoms with Crippen molar-refractivity contribution in [2.24, 2.45) is 0 Å². The van der Waals surface area contributed by atoms with E-state index < -0.39 is 23.4 Å². The number of Topliss-reactive ketones (excluding diaryl/α,β-unsaturated/α-hetero) is 1. The fourth-order valence-corrected chi connectivity index (χ4v) is 4.88. The van der Waals surface area contributed by atoms with Crippen molar-refractivity contribution in [3.8, 4) is 5.75 Å². The van der Waals surface area contributed by atoms with E-state index in [0.29, 0.717) is 18.4 Å². The van der Waals surface area contributed by atoms with E-state index in [-0.39, 0.29) is 30.7 Å². The van der Waals surface area contributed by atoms with Crippen LogP contribution in [0.15, 0.2) is 60.8 Å². The number of fused-ring (bicyclic) bond motifs is 2. The average molecular weight is 460 g/mol. The average Bonchev–Trinajstić information content (AvgIpc) is 3.38. The van der Waals surface area contributed by atoms with Gasteiger partial charge in [-0.2, -0.15) is 0 Å². The van der Waals surface area contributed by atoms with Crippen molar-refractivity contribution < 1.29 is 24.2 Å². The van der Waals surface area contributed by atoms with Crippen molar-refractivity contribution in [3.05, 3.63) is 71.9 Å². The number of pyridine rings is 1. The predicted octanol–water partition coefficient (Wildman–Crippen LogP) is 2.29. The summed E-state index contributed by atoms with van der Waals surface area (Å²) in [5.41, 5.74) is 0.907. The number of ether oxygens (including phenoxy) is 1. The van der Waals surface area contributed by atoms with Gasteiger partial charge in [0.25, 0.3) is 5.91 Å². The van der Waals surface area contributed by atoms with Crippen LogP contribution >= 0.6 is 0 Å². The Morgan fingerprint density at radius 1 is 1.18 bits per heavy atom. The number of phenols is 1. The number of hydrogen-bond acceptors (Lipinski definition) is 6. The molecular formula is C26H25N3O5. The molecule has 5 rings (SSSR count). The molecule has 8 heteroatoms. The molecule has 1 saturated carbocycles. The van der Waals surface area contributed by atoms with Crippen LogP contribution in [0.3, 0.4) is 0 Å². The highest BCUT2D eigenvalue weighted by molar-refractivity contribution is 6.02. The SMILES string of the molecule is O=C(NC(Cc1ccc(O)cc1)C(=O)NC12CCCC1OCC2=O)c1ccc2ncccc2c1. The quantitative estimate of drug-likeness (QED) is 0.521. The van der Waals surface area contributed by atoms with Gasteiger partial charge in [-0.3, -0.25) is 19.4 Å². The van der Waals surface area contributed by atoms with Crippen molar-refractivity contribution in [1.29, 1.82) is 0 Å². The number of nitrogens with zero attached hydrogens (tertiary/aromatic N) is 1. The zero-order chi connectivity index (χ0) is 23.7. The lowest BCUT2D eigenvalue weighted by molar-refractivity contribution is -0.131. The molecule has 8 nitrogen and oxygen atoms in total. The molecular weight excluding hydrogens is 434 g/mol. The van der Waals surface area contributed by atoms with E-state index in [0.717, 1.165) is 22.9 Å². The maximum atomic E-state index is 13.4. The monoisotopic (exact) mass is 459 g/mol. The summed E-state index contributed by atoms with van der Waals surface area (Å²) in [6.45, 7) is -0.00887. The maximum Gasteiger partial charge on any atom is 0.251 e. The number of carbonyl (C=O) groups excluding carboxylic acids is 3. The molecule has 2 aromatic carbocycles. The summed E-state index contributed by atoms with van der Waals surface area (Å²) in [6.07, 6.45) is 3.58. The largest absolute Gasteiger partial charge is 0.508 e. The first-order valence-electron chi connectivity index (χ1n) is 11.4. The van der Waals surface area contributed by atoms with E-state index in [9.17, 15) is 19.5 Å². The molecule has 1 aliphatic heterocycles. The topological polar surface area (TPSA) is 118 Å². The van der Waals surface area contributed by atoms with Gasteiger partial charge in [0.1, 0.15) is 23.9 Å². The minimum Gasteiger partial charge on any atom is -0.508 e. The number of aromatic nitrogens is 1. The Balaban J connectivity index is 1.40. The maximum absolute atomic E-state index is 13.4. The van der Waals surface area contributed by atoms with Crippen molar-refractivity contribution in [3.63, 3.8) is 0 Å². The van der Waals surface area contributed by atoms with Crippen LogP contribution in [0.5, 0.6) is 5.75 Å². The number of phenolic OH excluding ortho intramolecular Hbond substituents is 1. The number of nitrogens with one attached hydrogen (secondary N) is 2. The van der Waals surface area contributed by atoms with Crippen LogP contribution in [-0.4, -0.2) is 52.0 Å². The molecule has 1 aliphatic carbocycles. The van der Waals surface area contributed by atoms with Gasteiger partial charge in [0.2, 0.25) is 5.91 Å². The van der Waals surface area contributed by atoms with Crippen molar-refractivity contribution >= 4 is 28.5 Å². The Morgan fingerprint density at radius 3 is 2.82 bits per heavy atom. The van der Waals surface area contributed by atoms with Crippen LogP contribution in [0, 0.1) is 0 Å². The Kier molecular flexibility index (Phi) is 5.75. The fourth-order valence-electron chi connectivity index (χ4n) is 4.88. The molecule has 1 saturated heterocycles. The van der Waals surface area contributed by atoms with Gasteiger partial charge in [0.15, 0.2) is 5.78 Å². The van der Waals surface area contributed by atoms with Crippen LogP contribution in [0.2, 0.25) is 0 Å². The summed E-state index contributed by atoms with van der Waals surface area (Å²) < 4.78 is 5.61. The van der Waals surface area contributed by atoms with E-state index in [1.807, 2.05) is 6.07 Å². The lowest BCUT2D eigenvalue weighted by atomic mass is 9.91. The fraction of sp³-hybridized carbons (Fsp3) is 0.308. The molecule has 0 radical (unpaired) electrons. The minimum absolute atomic E-state index is 0.00887. The highest BCUT2D eigenvalue weighted by Gasteiger charge is 2.55. The van der Waals surface area contributed by atoms with Crippen molar-refractivity contribution in [2.45, 2.75) is 43.4 Å². The first kappa shape index (κ1) is 22.0. The number of ketones is 1. The smallest absolute Gasteiger partial charge is 0.251 e. The van der Waals surface area contributed by atoms with Crippen LogP contribution in [0.1, 0.15) is 35.2 Å². The second-order valence-corrected chi connectivity index (χ2v) is 8.88. The molecule has 0 bridgehead atoms. The van der Waals surface area contributed by atoms with Gasteiger partial charge >= 0.3 is 0 Å². The van der Waals surface area contributed by atoms with Gasteiger partial charge in [-0.05, 0) is 61.2 Å². The Labute approximate surface area is 196 Å². The van der Waals surface area contributed by atoms with E-state index in [2.05, 4.69) is 15.6 Å². The molecule has 34 heavy (non-hydrogen) atoms. The third-order valence-electron chi connectivity index (χ3n) is 6.71. The zero-order valence-corrected chi connectivity index (χ0v) is 18.5. The van der Waals surface area contributed by atoms with Gasteiger partial charge in [0, 0.05) is 23.6 Å². The molecule has 3 atom stereocenters. The first-order valence-corrected chi connectivity index (χ1v) is 11.4. The zero-order valence-electron chi connectivity index (χ0n) is 18.5. The second kappa shape index (κ2) is 8.87. The third kappa shape index (κ3) is 4.12. The lowest BCUT2D eigenvalue weighted by Crippen LogP contribution is -2.60. The number of benzene rings is 2. The van der Waals surface area contributed by atoms with Gasteiger partial charge in [0.05, 0.1) is 11.6 Å². The van der Waals surface area contributed by atoms with Crippen LogP contribution in [0.4, 0.5) is 0 Å². The normalized spacial score (nSPS) is 22.4. The molecule has 1 aromatic heterocycles. The van der Waals surface area contributed by atoms with E-state index in [4.69, 9.17) is 4.74 Å². The lowest BCUT2D eigenvalue weighted by Gasteiger charge is -2.30. The van der Waals surface area contributed by atoms with Crippen LogP contribution in [-0.2, 0) is 20.7 Å². The Bertz CT molecular complexity index is 1260. The third-order valence-corrected chi connectivity index (χ3v) is 6.71. The number of carbonyl (C=O) groups is 3. The van der Waals surface area contributed by atoms with Crippen LogP contribution < -0.4 is 10.6 Å². The van der Waals surface area contributed by atoms with Gasteiger partial charge in [-0.15, -0.1) is 0 Å². The molecule has 0 spiro atoms. The molecule has 2 fully saturated rings. The molecule has 2 aliphatic rings. The summed E-state index contributed by atoms with van der Waals surface area (Å²) in [7, 11) is 0. The summed E-state index contributed by atoms with van der Waals surface area (Å²) >= 11 is 0. The van der Waals surface area contributed by atoms with Crippen molar-refractivity contribution in [1.82, 2.24) is 15.6 Å². The van der Waals surface area contributed by atoms with E-state index in [1.54, 1.807) is 42.6 Å². The molecule has 2 amide bonds. The Hall–Kier alpha value is -3.78. The highest BCUT2D eigenvalue weighted by atomic mass is 16.5. The minimum atomic E-state index is -1.02. The standard InChI is InChI=1S/C26H25N3O5/c30-19-8-5-16(6-9-19)13-21(25(33)29-26-11-1-4-23(26)34-15-22(26)31)28-24(32)18-7-10-20-17(14-18)3-2-12-27-20/h2-3,5-10,12,14,21,23,30H,1,4,11,13,15H2,(H,28,32)(H,29,33). The molecule has 3 unspecified atom stereocenters. The predicted molar refractivity (Wildman–Crippen MR) is 124 cm³/mol.